The molecule has 0 spiro atoms. The van der Waals surface area contributed by atoms with Gasteiger partial charge in [0.15, 0.2) is 0 Å². The molecule has 80 valence electrons. The Bertz CT molecular complexity index is 389. The smallest absolute Gasteiger partial charge is 0.133 e. The summed E-state index contributed by atoms with van der Waals surface area (Å²) in [6.45, 7) is 0. The van der Waals surface area contributed by atoms with Crippen LogP contribution in [0.4, 0.5) is 0 Å². The van der Waals surface area contributed by atoms with Crippen LogP contribution in [0.2, 0.25) is 0 Å². The van der Waals surface area contributed by atoms with Crippen molar-refractivity contribution in [3.8, 4) is 11.8 Å². The molecule has 0 saturated heterocycles. The lowest BCUT2D eigenvalue weighted by atomic mass is 10.0. The van der Waals surface area contributed by atoms with E-state index < -0.39 is 12.2 Å². The van der Waals surface area contributed by atoms with Crippen molar-refractivity contribution in [2.75, 3.05) is 5.75 Å². The second-order valence-corrected chi connectivity index (χ2v) is 3.45. The van der Waals surface area contributed by atoms with Gasteiger partial charge >= 0.3 is 0 Å². The topological polar surface area (TPSA) is 84.5 Å². The van der Waals surface area contributed by atoms with E-state index in [1.54, 1.807) is 6.07 Å². The van der Waals surface area contributed by atoms with Gasteiger partial charge < -0.3 is 15.3 Å². The van der Waals surface area contributed by atoms with E-state index >= 15 is 0 Å². The number of aromatic hydroxyl groups is 1. The molecule has 15 heavy (non-hydrogen) atoms. The van der Waals surface area contributed by atoms with Crippen molar-refractivity contribution in [2.24, 2.45) is 0 Å². The minimum absolute atomic E-state index is 0.0675. The number of hydrogen-bond acceptors (Lipinski definition) is 5. The number of aliphatic hydroxyl groups excluding tert-OH is 2. The maximum Gasteiger partial charge on any atom is 0.133 e. The number of nitrogens with zero attached hydrogens (tertiary/aromatic N) is 1. The van der Waals surface area contributed by atoms with Gasteiger partial charge in [0, 0.05) is 5.75 Å². The summed E-state index contributed by atoms with van der Waals surface area (Å²) >= 11 is 3.85. The van der Waals surface area contributed by atoms with Gasteiger partial charge in [-0.15, -0.1) is 0 Å². The van der Waals surface area contributed by atoms with Gasteiger partial charge in [-0.05, 0) is 17.7 Å². The van der Waals surface area contributed by atoms with Gasteiger partial charge in [-0.2, -0.15) is 17.9 Å². The Balaban J connectivity index is 3.02. The highest BCUT2D eigenvalue weighted by atomic mass is 32.1. The highest BCUT2D eigenvalue weighted by molar-refractivity contribution is 7.80. The van der Waals surface area contributed by atoms with Crippen molar-refractivity contribution in [3.63, 3.8) is 0 Å². The van der Waals surface area contributed by atoms with Gasteiger partial charge in [-0.1, -0.05) is 6.07 Å². The average molecular weight is 225 g/mol. The standard InChI is InChI=1S/C10H11NO3S/c11-4-7-3-6(1-2-8(7)12)10(14)9(13)5-15/h1-3,9-10,12-15H,5H2. The molecule has 0 aromatic heterocycles. The summed E-state index contributed by atoms with van der Waals surface area (Å²) in [5.41, 5.74) is 0.448. The first-order valence-electron chi connectivity index (χ1n) is 4.30. The van der Waals surface area contributed by atoms with Crippen molar-refractivity contribution in [1.82, 2.24) is 0 Å². The fourth-order valence-corrected chi connectivity index (χ4v) is 1.35. The zero-order chi connectivity index (χ0) is 11.4. The molecule has 0 aliphatic rings. The molecule has 4 nitrogen and oxygen atoms in total. The summed E-state index contributed by atoms with van der Waals surface area (Å²) in [4.78, 5) is 0. The minimum Gasteiger partial charge on any atom is -0.507 e. The predicted molar refractivity (Wildman–Crippen MR) is 57.6 cm³/mol. The predicted octanol–water partition coefficient (Wildman–Crippen LogP) is 0.588. The Hall–Kier alpha value is -1.22. The molecule has 0 saturated carbocycles. The molecule has 0 bridgehead atoms. The zero-order valence-electron chi connectivity index (χ0n) is 7.83. The molecular weight excluding hydrogens is 214 g/mol. The first-order chi connectivity index (χ1) is 7.10. The molecule has 0 heterocycles. The summed E-state index contributed by atoms with van der Waals surface area (Å²) in [5, 5.41) is 36.8. The van der Waals surface area contributed by atoms with Gasteiger partial charge in [0.25, 0.3) is 0 Å². The Kier molecular flexibility index (Phi) is 3.97. The zero-order valence-corrected chi connectivity index (χ0v) is 8.72. The molecule has 1 rings (SSSR count). The second-order valence-electron chi connectivity index (χ2n) is 3.08. The largest absolute Gasteiger partial charge is 0.507 e. The van der Waals surface area contributed by atoms with Crippen LogP contribution < -0.4 is 0 Å². The molecule has 1 aromatic rings. The number of nitriles is 1. The van der Waals surface area contributed by atoms with E-state index in [0.717, 1.165) is 0 Å². The quantitative estimate of drug-likeness (QED) is 0.567. The van der Waals surface area contributed by atoms with Crippen molar-refractivity contribution in [3.05, 3.63) is 29.3 Å². The first kappa shape index (κ1) is 11.9. The van der Waals surface area contributed by atoms with E-state index in [4.69, 9.17) is 5.26 Å². The van der Waals surface area contributed by atoms with E-state index in [1.807, 2.05) is 0 Å². The Morgan fingerprint density at radius 3 is 2.60 bits per heavy atom. The molecule has 0 radical (unpaired) electrons. The molecule has 2 unspecified atom stereocenters. The van der Waals surface area contributed by atoms with E-state index in [9.17, 15) is 15.3 Å². The molecule has 3 N–H and O–H groups in total. The summed E-state index contributed by atoms with van der Waals surface area (Å²) in [6, 6.07) is 5.89. The third kappa shape index (κ3) is 2.63. The monoisotopic (exact) mass is 225 g/mol. The number of phenols is 1. The van der Waals surface area contributed by atoms with Crippen LogP contribution in [-0.4, -0.2) is 27.2 Å². The summed E-state index contributed by atoms with van der Waals surface area (Å²) in [6.07, 6.45) is -2.10. The number of thiol groups is 1. The Morgan fingerprint density at radius 1 is 1.40 bits per heavy atom. The van der Waals surface area contributed by atoms with Crippen molar-refractivity contribution in [1.29, 1.82) is 5.26 Å². The van der Waals surface area contributed by atoms with Crippen LogP contribution in [0.5, 0.6) is 5.75 Å². The van der Waals surface area contributed by atoms with Gasteiger partial charge in [0.1, 0.15) is 17.9 Å². The minimum atomic E-state index is -1.10. The number of rotatable bonds is 3. The number of benzene rings is 1. The van der Waals surface area contributed by atoms with Crippen LogP contribution in [0.3, 0.4) is 0 Å². The summed E-state index contributed by atoms with van der Waals surface area (Å²) < 4.78 is 0. The maximum atomic E-state index is 9.61. The third-order valence-electron chi connectivity index (χ3n) is 2.03. The lowest BCUT2D eigenvalue weighted by Crippen LogP contribution is -2.19. The highest BCUT2D eigenvalue weighted by Gasteiger charge is 2.17. The number of aliphatic hydroxyl groups is 2. The van der Waals surface area contributed by atoms with Crippen LogP contribution in [0.25, 0.3) is 0 Å². The van der Waals surface area contributed by atoms with E-state index in [2.05, 4.69) is 12.6 Å². The molecule has 0 amide bonds. The second kappa shape index (κ2) is 5.03. The molecule has 5 heteroatoms. The molecule has 0 aliphatic heterocycles. The van der Waals surface area contributed by atoms with Gasteiger partial charge in [-0.3, -0.25) is 0 Å². The molecule has 0 aliphatic carbocycles. The fraction of sp³-hybridized carbons (Fsp3) is 0.300. The lowest BCUT2D eigenvalue weighted by Gasteiger charge is -2.16. The van der Waals surface area contributed by atoms with Crippen molar-refractivity contribution < 1.29 is 15.3 Å². The molecular formula is C10H11NO3S. The van der Waals surface area contributed by atoms with Crippen LogP contribution in [0.1, 0.15) is 17.2 Å². The Morgan fingerprint density at radius 2 is 2.07 bits per heavy atom. The highest BCUT2D eigenvalue weighted by Crippen LogP contribution is 2.23. The number of hydrogen-bond donors (Lipinski definition) is 4. The maximum absolute atomic E-state index is 9.61. The van der Waals surface area contributed by atoms with E-state index in [0.29, 0.717) is 5.56 Å². The third-order valence-corrected chi connectivity index (χ3v) is 2.41. The average Bonchev–Trinajstić information content (AvgIpc) is 2.27. The SMILES string of the molecule is N#Cc1cc(C(O)C(O)CS)ccc1O. The van der Waals surface area contributed by atoms with Crippen molar-refractivity contribution in [2.45, 2.75) is 12.2 Å². The van der Waals surface area contributed by atoms with Gasteiger partial charge in [0.05, 0.1) is 11.7 Å². The van der Waals surface area contributed by atoms with Crippen LogP contribution >= 0.6 is 12.6 Å². The lowest BCUT2D eigenvalue weighted by molar-refractivity contribution is 0.0337. The summed E-state index contributed by atoms with van der Waals surface area (Å²) in [5.74, 6) is -0.0296. The van der Waals surface area contributed by atoms with Gasteiger partial charge in [-0.25, -0.2) is 0 Å². The van der Waals surface area contributed by atoms with Crippen LogP contribution in [0, 0.1) is 11.3 Å². The van der Waals surface area contributed by atoms with E-state index in [-0.39, 0.29) is 17.1 Å². The summed E-state index contributed by atoms with van der Waals surface area (Å²) in [7, 11) is 0. The van der Waals surface area contributed by atoms with Crippen molar-refractivity contribution >= 4 is 12.6 Å². The van der Waals surface area contributed by atoms with Gasteiger partial charge in [0.2, 0.25) is 0 Å². The molecule has 1 aromatic carbocycles. The fourth-order valence-electron chi connectivity index (χ4n) is 1.15. The Labute approximate surface area is 92.8 Å². The van der Waals surface area contributed by atoms with Crippen LogP contribution in [0.15, 0.2) is 18.2 Å². The molecule has 2 atom stereocenters. The van der Waals surface area contributed by atoms with E-state index in [1.165, 1.54) is 18.2 Å². The van der Waals surface area contributed by atoms with Crippen LogP contribution in [-0.2, 0) is 0 Å². The number of phenolic OH excluding ortho intramolecular Hbond substituents is 1. The normalized spacial score (nSPS) is 14.3. The first-order valence-corrected chi connectivity index (χ1v) is 4.93. The molecule has 0 fully saturated rings.